The molecule has 0 saturated heterocycles. The lowest BCUT2D eigenvalue weighted by atomic mass is 10.3. The van der Waals surface area contributed by atoms with Crippen molar-refractivity contribution < 1.29 is 9.53 Å². The lowest BCUT2D eigenvalue weighted by Gasteiger charge is -2.07. The van der Waals surface area contributed by atoms with Gasteiger partial charge < -0.3 is 9.30 Å². The number of nitrogens with zero attached hydrogens (tertiary/aromatic N) is 3. The fraction of sp³-hybridized carbons (Fsp3) is 0.462. The standard InChI is InChI=1S/C13H16ClN3O2/c1-3-19-11(18)8-17-10(4-6-14)16-12-9(2)5-7-15-13(12)17/h5,7H,3-4,6,8H2,1-2H3. The van der Waals surface area contributed by atoms with Crippen LogP contribution >= 0.6 is 11.6 Å². The Labute approximate surface area is 116 Å². The quantitative estimate of drug-likeness (QED) is 0.622. The van der Waals surface area contributed by atoms with Gasteiger partial charge >= 0.3 is 5.97 Å². The monoisotopic (exact) mass is 281 g/mol. The van der Waals surface area contributed by atoms with E-state index in [1.165, 1.54) is 0 Å². The molecule has 0 saturated carbocycles. The van der Waals surface area contributed by atoms with Crippen molar-refractivity contribution in [2.24, 2.45) is 0 Å². The fourth-order valence-corrected chi connectivity index (χ4v) is 2.13. The number of rotatable bonds is 5. The minimum atomic E-state index is -0.291. The molecule has 0 unspecified atom stereocenters. The Morgan fingerprint density at radius 1 is 1.53 bits per heavy atom. The highest BCUT2D eigenvalue weighted by molar-refractivity contribution is 6.17. The molecule has 0 aliphatic carbocycles. The fourth-order valence-electron chi connectivity index (χ4n) is 1.96. The molecule has 0 bridgehead atoms. The molecular weight excluding hydrogens is 266 g/mol. The summed E-state index contributed by atoms with van der Waals surface area (Å²) in [6.45, 7) is 4.23. The summed E-state index contributed by atoms with van der Waals surface area (Å²) in [5, 5.41) is 0. The van der Waals surface area contributed by atoms with Gasteiger partial charge in [-0.05, 0) is 25.5 Å². The first-order valence-electron chi connectivity index (χ1n) is 6.19. The summed E-state index contributed by atoms with van der Waals surface area (Å²) in [5.41, 5.74) is 2.54. The number of hydrogen-bond acceptors (Lipinski definition) is 4. The van der Waals surface area contributed by atoms with E-state index >= 15 is 0 Å². The molecule has 0 spiro atoms. The number of esters is 1. The van der Waals surface area contributed by atoms with Gasteiger partial charge in [-0.1, -0.05) is 0 Å². The van der Waals surface area contributed by atoms with Gasteiger partial charge in [0, 0.05) is 18.5 Å². The summed E-state index contributed by atoms with van der Waals surface area (Å²) < 4.78 is 6.76. The molecule has 102 valence electrons. The average Bonchev–Trinajstić information content (AvgIpc) is 2.71. The normalized spacial score (nSPS) is 10.9. The van der Waals surface area contributed by atoms with Crippen molar-refractivity contribution in [2.45, 2.75) is 26.8 Å². The van der Waals surface area contributed by atoms with Crippen molar-refractivity contribution in [1.29, 1.82) is 0 Å². The molecule has 0 atom stereocenters. The van der Waals surface area contributed by atoms with Crippen molar-refractivity contribution in [3.8, 4) is 0 Å². The van der Waals surface area contributed by atoms with Crippen LogP contribution in [-0.4, -0.2) is 33.0 Å². The van der Waals surface area contributed by atoms with Gasteiger partial charge in [0.2, 0.25) is 0 Å². The average molecular weight is 282 g/mol. The van der Waals surface area contributed by atoms with Crippen LogP contribution < -0.4 is 0 Å². The number of carbonyl (C=O) groups is 1. The van der Waals surface area contributed by atoms with Crippen LogP contribution in [0.3, 0.4) is 0 Å². The van der Waals surface area contributed by atoms with Gasteiger partial charge in [-0.15, -0.1) is 11.6 Å². The predicted molar refractivity (Wildman–Crippen MR) is 73.3 cm³/mol. The highest BCUT2D eigenvalue weighted by Gasteiger charge is 2.15. The lowest BCUT2D eigenvalue weighted by Crippen LogP contribution is -2.16. The molecule has 0 radical (unpaired) electrons. The van der Waals surface area contributed by atoms with Gasteiger partial charge in [0.05, 0.1) is 6.61 Å². The second-order valence-electron chi connectivity index (χ2n) is 4.16. The number of halogens is 1. The molecule has 0 aromatic carbocycles. The lowest BCUT2D eigenvalue weighted by molar-refractivity contribution is -0.143. The maximum absolute atomic E-state index is 11.7. The summed E-state index contributed by atoms with van der Waals surface area (Å²) in [6.07, 6.45) is 2.31. The van der Waals surface area contributed by atoms with Crippen LogP contribution in [0.25, 0.3) is 11.2 Å². The molecule has 6 heteroatoms. The molecule has 0 fully saturated rings. The Bertz CT molecular complexity index is 595. The van der Waals surface area contributed by atoms with Crippen LogP contribution in [0.2, 0.25) is 0 Å². The Kier molecular flexibility index (Phi) is 4.37. The Hall–Kier alpha value is -1.62. The van der Waals surface area contributed by atoms with E-state index in [0.717, 1.165) is 16.9 Å². The van der Waals surface area contributed by atoms with Crippen LogP contribution in [0.4, 0.5) is 0 Å². The second-order valence-corrected chi connectivity index (χ2v) is 4.54. The number of ether oxygens (including phenoxy) is 1. The summed E-state index contributed by atoms with van der Waals surface area (Å²) in [7, 11) is 0. The van der Waals surface area contributed by atoms with Gasteiger partial charge in [0.15, 0.2) is 5.65 Å². The third-order valence-corrected chi connectivity index (χ3v) is 3.01. The van der Waals surface area contributed by atoms with Gasteiger partial charge in [0.1, 0.15) is 17.9 Å². The van der Waals surface area contributed by atoms with Crippen LogP contribution in [0.15, 0.2) is 12.3 Å². The van der Waals surface area contributed by atoms with E-state index in [0.29, 0.717) is 24.6 Å². The largest absolute Gasteiger partial charge is 0.465 e. The van der Waals surface area contributed by atoms with Gasteiger partial charge in [-0.25, -0.2) is 9.97 Å². The zero-order valence-corrected chi connectivity index (χ0v) is 11.8. The molecule has 19 heavy (non-hydrogen) atoms. The maximum atomic E-state index is 11.7. The van der Waals surface area contributed by atoms with E-state index in [9.17, 15) is 4.79 Å². The Morgan fingerprint density at radius 3 is 3.00 bits per heavy atom. The minimum absolute atomic E-state index is 0.118. The third-order valence-electron chi connectivity index (χ3n) is 2.83. The number of carbonyl (C=O) groups excluding carboxylic acids is 1. The molecule has 0 aliphatic heterocycles. The third kappa shape index (κ3) is 2.87. The van der Waals surface area contributed by atoms with E-state index < -0.39 is 0 Å². The first-order chi connectivity index (χ1) is 9.17. The Balaban J connectivity index is 2.46. The van der Waals surface area contributed by atoms with Crippen molar-refractivity contribution in [3.63, 3.8) is 0 Å². The summed E-state index contributed by atoms with van der Waals surface area (Å²) in [4.78, 5) is 20.5. The molecule has 2 aromatic rings. The SMILES string of the molecule is CCOC(=O)Cn1c(CCCl)nc2c(C)ccnc21. The van der Waals surface area contributed by atoms with E-state index in [2.05, 4.69) is 9.97 Å². The van der Waals surface area contributed by atoms with Gasteiger partial charge in [-0.2, -0.15) is 0 Å². The summed E-state index contributed by atoms with van der Waals surface area (Å²) >= 11 is 5.78. The van der Waals surface area contributed by atoms with Crippen LogP contribution in [0.1, 0.15) is 18.3 Å². The molecule has 5 nitrogen and oxygen atoms in total. The summed E-state index contributed by atoms with van der Waals surface area (Å²) in [5.74, 6) is 0.923. The number of hydrogen-bond donors (Lipinski definition) is 0. The van der Waals surface area contributed by atoms with Gasteiger partial charge in [0.25, 0.3) is 0 Å². The van der Waals surface area contributed by atoms with Crippen LogP contribution in [-0.2, 0) is 22.5 Å². The molecule has 0 N–H and O–H groups in total. The number of alkyl halides is 1. The predicted octanol–water partition coefficient (Wildman–Crippen LogP) is 2.08. The number of imidazole rings is 1. The maximum Gasteiger partial charge on any atom is 0.326 e. The van der Waals surface area contributed by atoms with Crippen LogP contribution in [0.5, 0.6) is 0 Å². The molecular formula is C13H16ClN3O2. The molecule has 2 heterocycles. The van der Waals surface area contributed by atoms with Crippen molar-refractivity contribution >= 4 is 28.7 Å². The number of pyridine rings is 1. The smallest absolute Gasteiger partial charge is 0.326 e. The highest BCUT2D eigenvalue weighted by atomic mass is 35.5. The molecule has 0 amide bonds. The molecule has 0 aliphatic rings. The van der Waals surface area contributed by atoms with E-state index in [1.807, 2.05) is 13.0 Å². The van der Waals surface area contributed by atoms with Crippen molar-refractivity contribution in [1.82, 2.24) is 14.5 Å². The molecule has 2 aromatic heterocycles. The first-order valence-corrected chi connectivity index (χ1v) is 6.73. The van der Waals surface area contributed by atoms with Crippen molar-refractivity contribution in [3.05, 3.63) is 23.7 Å². The number of aryl methyl sites for hydroxylation is 2. The van der Waals surface area contributed by atoms with Crippen LogP contribution in [0, 0.1) is 6.92 Å². The molecule has 2 rings (SSSR count). The second kappa shape index (κ2) is 6.02. The zero-order valence-electron chi connectivity index (χ0n) is 11.0. The topological polar surface area (TPSA) is 57.0 Å². The zero-order chi connectivity index (χ0) is 13.8. The first kappa shape index (κ1) is 13.8. The number of fused-ring (bicyclic) bond motifs is 1. The number of aromatic nitrogens is 3. The van der Waals surface area contributed by atoms with E-state index in [1.54, 1.807) is 17.7 Å². The minimum Gasteiger partial charge on any atom is -0.465 e. The summed E-state index contributed by atoms with van der Waals surface area (Å²) in [6, 6.07) is 1.90. The van der Waals surface area contributed by atoms with E-state index in [-0.39, 0.29) is 12.5 Å². The van der Waals surface area contributed by atoms with E-state index in [4.69, 9.17) is 16.3 Å². The van der Waals surface area contributed by atoms with Gasteiger partial charge in [-0.3, -0.25) is 4.79 Å². The van der Waals surface area contributed by atoms with Crippen molar-refractivity contribution in [2.75, 3.05) is 12.5 Å². The Morgan fingerprint density at radius 2 is 2.32 bits per heavy atom. The highest BCUT2D eigenvalue weighted by Crippen LogP contribution is 2.18.